The number of hydrogen-bond acceptors (Lipinski definition) is 6. The van der Waals surface area contributed by atoms with E-state index >= 15 is 0 Å². The van der Waals surface area contributed by atoms with Crippen molar-refractivity contribution in [1.29, 1.82) is 0 Å². The molecule has 6 rings (SSSR count). The second-order valence-electron chi connectivity index (χ2n) is 13.5. The zero-order chi connectivity index (χ0) is 34.9. The Labute approximate surface area is 291 Å². The number of Topliss-reactive ketones (excluding diaryl/α,β-unsaturated/α-hetero) is 1. The standard InChI is InChI=1S/C40H44N4O6/c45-36(40(49)42-25-27-17-19-29(20-18-27)28-12-5-2-6-13-28)32(23-31-15-9-21-41-37(31)46)43-38(47)33(22-26-10-3-1-4-11-26)44-39(48)35-24-30-14-7-8-16-34(30)50-35/h2,5-8,12-14,16-20,24,26,31-33H,1,3-4,9-11,15,21-23,25H2,(H,41,46)(H,42,49)(H,43,47)(H,44,48)/t31-,32-,33-/m0/s1. The molecule has 4 amide bonds. The summed E-state index contributed by atoms with van der Waals surface area (Å²) in [4.78, 5) is 67.1. The number of fused-ring (bicyclic) bond motifs is 1. The van der Waals surface area contributed by atoms with Crippen LogP contribution in [0.15, 0.2) is 89.3 Å². The third-order valence-corrected chi connectivity index (χ3v) is 9.86. The zero-order valence-corrected chi connectivity index (χ0v) is 28.1. The monoisotopic (exact) mass is 676 g/mol. The van der Waals surface area contributed by atoms with E-state index < -0.39 is 41.5 Å². The highest BCUT2D eigenvalue weighted by Gasteiger charge is 2.36. The van der Waals surface area contributed by atoms with Gasteiger partial charge in [0.1, 0.15) is 11.6 Å². The van der Waals surface area contributed by atoms with Crippen molar-refractivity contribution >= 4 is 40.4 Å². The summed E-state index contributed by atoms with van der Waals surface area (Å²) < 4.78 is 5.76. The molecule has 2 fully saturated rings. The number of para-hydroxylation sites is 1. The Bertz CT molecular complexity index is 1780. The van der Waals surface area contributed by atoms with E-state index in [9.17, 15) is 24.0 Å². The van der Waals surface area contributed by atoms with Gasteiger partial charge in [-0.1, -0.05) is 105 Å². The van der Waals surface area contributed by atoms with E-state index in [2.05, 4.69) is 21.3 Å². The molecule has 0 unspecified atom stereocenters. The molecule has 3 atom stereocenters. The van der Waals surface area contributed by atoms with Crippen LogP contribution in [-0.4, -0.2) is 48.0 Å². The van der Waals surface area contributed by atoms with Gasteiger partial charge in [-0.15, -0.1) is 0 Å². The molecule has 4 aromatic rings. The van der Waals surface area contributed by atoms with Crippen molar-refractivity contribution in [2.24, 2.45) is 11.8 Å². The number of hydrogen-bond donors (Lipinski definition) is 4. The van der Waals surface area contributed by atoms with Crippen molar-refractivity contribution in [1.82, 2.24) is 21.3 Å². The first kappa shape index (κ1) is 34.6. The number of amides is 4. The summed E-state index contributed by atoms with van der Waals surface area (Å²) in [5.74, 6) is -3.26. The van der Waals surface area contributed by atoms with Crippen molar-refractivity contribution in [2.45, 2.75) is 76.4 Å². The number of benzene rings is 3. The van der Waals surface area contributed by atoms with Gasteiger partial charge in [0.05, 0.1) is 6.04 Å². The maximum atomic E-state index is 14.0. The Morgan fingerprint density at radius 3 is 2.22 bits per heavy atom. The van der Waals surface area contributed by atoms with Gasteiger partial charge in [0.15, 0.2) is 5.76 Å². The molecular weight excluding hydrogens is 632 g/mol. The summed E-state index contributed by atoms with van der Waals surface area (Å²) in [5, 5.41) is 11.9. The quantitative estimate of drug-likeness (QED) is 0.139. The fraction of sp³-hybridized carbons (Fsp3) is 0.375. The van der Waals surface area contributed by atoms with Gasteiger partial charge >= 0.3 is 0 Å². The first-order chi connectivity index (χ1) is 24.3. The number of piperidine rings is 1. The van der Waals surface area contributed by atoms with Crippen molar-refractivity contribution in [3.63, 3.8) is 0 Å². The molecule has 1 saturated heterocycles. The van der Waals surface area contributed by atoms with Crippen LogP contribution in [0.1, 0.15) is 73.9 Å². The lowest BCUT2D eigenvalue weighted by Gasteiger charge is -2.29. The molecule has 2 heterocycles. The van der Waals surface area contributed by atoms with Crippen LogP contribution in [0.25, 0.3) is 22.1 Å². The van der Waals surface area contributed by atoms with Gasteiger partial charge in [-0.2, -0.15) is 0 Å². The summed E-state index contributed by atoms with van der Waals surface area (Å²) in [6, 6.07) is 24.3. The lowest BCUT2D eigenvalue weighted by molar-refractivity contribution is -0.141. The van der Waals surface area contributed by atoms with Crippen molar-refractivity contribution in [3.8, 4) is 11.1 Å². The third kappa shape index (κ3) is 8.85. The predicted molar refractivity (Wildman–Crippen MR) is 190 cm³/mol. The van der Waals surface area contributed by atoms with Crippen molar-refractivity contribution < 1.29 is 28.4 Å². The Hall–Kier alpha value is -5.25. The smallest absolute Gasteiger partial charge is 0.289 e. The van der Waals surface area contributed by atoms with Crippen LogP contribution in [0.5, 0.6) is 0 Å². The SMILES string of the molecule is O=C(NCc1ccc(-c2ccccc2)cc1)C(=O)[C@H](C[C@@H]1CCCNC1=O)NC(=O)[C@H](CC1CCCCC1)NC(=O)c1cc2ccccc2o1. The third-order valence-electron chi connectivity index (χ3n) is 9.86. The average Bonchev–Trinajstić information content (AvgIpc) is 3.60. The molecular formula is C40H44N4O6. The molecule has 10 heteroatoms. The molecule has 10 nitrogen and oxygen atoms in total. The normalized spacial score (nSPS) is 17.7. The lowest BCUT2D eigenvalue weighted by Crippen LogP contribution is -2.55. The van der Waals surface area contributed by atoms with E-state index in [0.29, 0.717) is 25.0 Å². The number of carbonyl (C=O) groups excluding carboxylic acids is 5. The van der Waals surface area contributed by atoms with Crippen LogP contribution in [0.2, 0.25) is 0 Å². The van der Waals surface area contributed by atoms with Crippen LogP contribution in [0, 0.1) is 11.8 Å². The summed E-state index contributed by atoms with van der Waals surface area (Å²) in [6.45, 7) is 0.656. The van der Waals surface area contributed by atoms with Crippen molar-refractivity contribution in [2.75, 3.05) is 6.54 Å². The number of carbonyl (C=O) groups is 5. The van der Waals surface area contributed by atoms with E-state index in [-0.39, 0.29) is 30.6 Å². The van der Waals surface area contributed by atoms with Crippen LogP contribution >= 0.6 is 0 Å². The lowest BCUT2D eigenvalue weighted by atomic mass is 9.84. The fourth-order valence-electron chi connectivity index (χ4n) is 7.03. The van der Waals surface area contributed by atoms with E-state index in [1.807, 2.05) is 72.8 Å². The van der Waals surface area contributed by atoms with Gasteiger partial charge < -0.3 is 25.7 Å². The minimum absolute atomic E-state index is 0.0245. The largest absolute Gasteiger partial charge is 0.451 e. The Kier molecular flexibility index (Phi) is 11.4. The molecule has 0 radical (unpaired) electrons. The van der Waals surface area contributed by atoms with E-state index in [1.54, 1.807) is 12.1 Å². The molecule has 0 bridgehead atoms. The first-order valence-electron chi connectivity index (χ1n) is 17.7. The number of ketones is 1. The van der Waals surface area contributed by atoms with E-state index in [4.69, 9.17) is 4.42 Å². The maximum absolute atomic E-state index is 14.0. The fourth-order valence-corrected chi connectivity index (χ4v) is 7.03. The van der Waals surface area contributed by atoms with Gasteiger partial charge in [0.2, 0.25) is 17.6 Å². The van der Waals surface area contributed by atoms with Gasteiger partial charge in [0.25, 0.3) is 11.8 Å². The first-order valence-corrected chi connectivity index (χ1v) is 17.7. The molecule has 1 aliphatic carbocycles. The molecule has 1 aromatic heterocycles. The van der Waals surface area contributed by atoms with Gasteiger partial charge in [-0.25, -0.2) is 0 Å². The second-order valence-corrected chi connectivity index (χ2v) is 13.5. The highest BCUT2D eigenvalue weighted by Crippen LogP contribution is 2.28. The van der Waals surface area contributed by atoms with E-state index in [0.717, 1.165) is 60.6 Å². The van der Waals surface area contributed by atoms with Gasteiger partial charge in [0, 0.05) is 24.4 Å². The zero-order valence-electron chi connectivity index (χ0n) is 28.1. The highest BCUT2D eigenvalue weighted by atomic mass is 16.3. The van der Waals surface area contributed by atoms with Crippen LogP contribution in [0.4, 0.5) is 0 Å². The average molecular weight is 677 g/mol. The van der Waals surface area contributed by atoms with Gasteiger partial charge in [-0.3, -0.25) is 24.0 Å². The topological polar surface area (TPSA) is 147 Å². The Morgan fingerprint density at radius 2 is 1.48 bits per heavy atom. The number of nitrogens with one attached hydrogen (secondary N) is 4. The molecule has 4 N–H and O–H groups in total. The molecule has 2 aliphatic rings. The van der Waals surface area contributed by atoms with E-state index in [1.165, 1.54) is 0 Å². The molecule has 3 aromatic carbocycles. The molecule has 50 heavy (non-hydrogen) atoms. The van der Waals surface area contributed by atoms with Crippen LogP contribution in [0.3, 0.4) is 0 Å². The predicted octanol–water partition coefficient (Wildman–Crippen LogP) is 5.46. The Balaban J connectivity index is 1.16. The molecule has 1 saturated carbocycles. The maximum Gasteiger partial charge on any atom is 0.289 e. The molecule has 0 spiro atoms. The minimum atomic E-state index is -1.26. The summed E-state index contributed by atoms with van der Waals surface area (Å²) in [5.41, 5.74) is 3.46. The summed E-state index contributed by atoms with van der Waals surface area (Å²) in [7, 11) is 0. The Morgan fingerprint density at radius 1 is 0.760 bits per heavy atom. The van der Waals surface area contributed by atoms with Crippen molar-refractivity contribution in [3.05, 3.63) is 96.3 Å². The summed E-state index contributed by atoms with van der Waals surface area (Å²) in [6.07, 6.45) is 6.71. The number of furan rings is 1. The second kappa shape index (κ2) is 16.4. The summed E-state index contributed by atoms with van der Waals surface area (Å²) >= 11 is 0. The number of rotatable bonds is 13. The van der Waals surface area contributed by atoms with Crippen LogP contribution < -0.4 is 21.3 Å². The molecule has 1 aliphatic heterocycles. The minimum Gasteiger partial charge on any atom is -0.451 e. The van der Waals surface area contributed by atoms with Crippen LogP contribution in [-0.2, 0) is 25.7 Å². The van der Waals surface area contributed by atoms with Gasteiger partial charge in [-0.05, 0) is 60.4 Å². The molecule has 260 valence electrons. The highest BCUT2D eigenvalue weighted by molar-refractivity contribution is 6.38.